The zero-order valence-electron chi connectivity index (χ0n) is 15.2. The number of hydrogen-bond donors (Lipinski definition) is 2. The molecule has 4 aliphatic carbocycles. The largest absolute Gasteiger partial charge is 0.335 e. The fourth-order valence-electron chi connectivity index (χ4n) is 6.43. The fraction of sp³-hybridized carbons (Fsp3) is 0.524. The van der Waals surface area contributed by atoms with E-state index < -0.39 is 23.8 Å². The molecule has 1 aromatic carbocycles. The van der Waals surface area contributed by atoms with E-state index in [-0.39, 0.29) is 5.41 Å². The number of carbonyl (C=O) groups excluding carboxylic acids is 3. The third-order valence-corrected chi connectivity index (χ3v) is 7.17. The zero-order chi connectivity index (χ0) is 18.8. The second-order valence-corrected chi connectivity index (χ2v) is 8.88. The lowest BCUT2D eigenvalue weighted by Gasteiger charge is -2.57. The highest BCUT2D eigenvalue weighted by Crippen LogP contribution is 2.60. The van der Waals surface area contributed by atoms with Crippen molar-refractivity contribution in [1.82, 2.24) is 5.32 Å². The molecule has 140 valence electrons. The van der Waals surface area contributed by atoms with Crippen LogP contribution in [0.2, 0.25) is 0 Å². The SMILES string of the molecule is [NH2+]=C[C@@H]1C(=O)NC(=O)N(c2ccc(C34CC5CC(CC(C5)C3)C4)cc2)C1=O. The molecule has 3 N–H and O–H groups in total. The van der Waals surface area contributed by atoms with Gasteiger partial charge in [-0.15, -0.1) is 0 Å². The van der Waals surface area contributed by atoms with Gasteiger partial charge in [0.15, 0.2) is 12.1 Å². The molecule has 4 saturated carbocycles. The lowest BCUT2D eigenvalue weighted by molar-refractivity contribution is -0.137. The van der Waals surface area contributed by atoms with Crippen LogP contribution >= 0.6 is 0 Å². The molecule has 4 amide bonds. The zero-order valence-corrected chi connectivity index (χ0v) is 15.2. The highest BCUT2D eigenvalue weighted by Gasteiger charge is 2.51. The van der Waals surface area contributed by atoms with Gasteiger partial charge in [0.2, 0.25) is 0 Å². The van der Waals surface area contributed by atoms with Crippen LogP contribution in [0.5, 0.6) is 0 Å². The summed E-state index contributed by atoms with van der Waals surface area (Å²) in [5, 5.41) is 7.62. The number of anilines is 1. The molecule has 0 unspecified atom stereocenters. The van der Waals surface area contributed by atoms with Crippen molar-refractivity contribution in [3.63, 3.8) is 0 Å². The minimum absolute atomic E-state index is 0.269. The first kappa shape index (κ1) is 16.7. The van der Waals surface area contributed by atoms with Crippen molar-refractivity contribution in [3.8, 4) is 0 Å². The number of nitrogens with one attached hydrogen (secondary N) is 1. The maximum Gasteiger partial charge on any atom is 0.335 e. The molecule has 0 aromatic heterocycles. The molecule has 0 radical (unpaired) electrons. The van der Waals surface area contributed by atoms with Crippen molar-refractivity contribution in [1.29, 1.82) is 0 Å². The molecule has 5 fully saturated rings. The first-order valence-electron chi connectivity index (χ1n) is 9.83. The third kappa shape index (κ3) is 2.46. The number of hydrogen-bond acceptors (Lipinski definition) is 3. The molecular formula is C21H24N3O3+. The molecule has 1 saturated heterocycles. The van der Waals surface area contributed by atoms with Gasteiger partial charge in [-0.2, -0.15) is 0 Å². The van der Waals surface area contributed by atoms with Crippen LogP contribution in [-0.2, 0) is 15.0 Å². The van der Waals surface area contributed by atoms with E-state index in [1.165, 1.54) is 44.1 Å². The Morgan fingerprint density at radius 2 is 1.52 bits per heavy atom. The summed E-state index contributed by atoms with van der Waals surface area (Å²) in [7, 11) is 0. The number of rotatable bonds is 3. The Morgan fingerprint density at radius 1 is 0.963 bits per heavy atom. The van der Waals surface area contributed by atoms with Gasteiger partial charge >= 0.3 is 6.03 Å². The van der Waals surface area contributed by atoms with E-state index in [1.54, 1.807) is 0 Å². The second kappa shape index (κ2) is 5.75. The summed E-state index contributed by atoms with van der Waals surface area (Å²) in [6.45, 7) is 0. The maximum absolute atomic E-state index is 12.5. The number of nitrogens with zero attached hydrogens (tertiary/aromatic N) is 1. The van der Waals surface area contributed by atoms with Gasteiger partial charge in [0.1, 0.15) is 0 Å². The molecule has 27 heavy (non-hydrogen) atoms. The summed E-state index contributed by atoms with van der Waals surface area (Å²) in [5.74, 6) is 0.167. The molecule has 1 aromatic rings. The quantitative estimate of drug-likeness (QED) is 0.622. The van der Waals surface area contributed by atoms with Crippen LogP contribution in [0.1, 0.15) is 44.1 Å². The highest BCUT2D eigenvalue weighted by atomic mass is 16.2. The molecule has 6 heteroatoms. The van der Waals surface area contributed by atoms with Crippen molar-refractivity contribution in [2.75, 3.05) is 4.90 Å². The Kier molecular flexibility index (Phi) is 3.55. The van der Waals surface area contributed by atoms with Crippen LogP contribution in [-0.4, -0.2) is 24.1 Å². The lowest BCUT2D eigenvalue weighted by Crippen LogP contribution is -2.60. The monoisotopic (exact) mass is 366 g/mol. The van der Waals surface area contributed by atoms with Crippen LogP contribution in [0.4, 0.5) is 10.5 Å². The molecule has 4 bridgehead atoms. The van der Waals surface area contributed by atoms with Gasteiger partial charge in [0, 0.05) is 0 Å². The predicted molar refractivity (Wildman–Crippen MR) is 98.8 cm³/mol. The molecule has 0 spiro atoms. The van der Waals surface area contributed by atoms with Gasteiger partial charge in [-0.25, -0.2) is 9.69 Å². The molecule has 1 aliphatic heterocycles. The number of imide groups is 2. The average molecular weight is 366 g/mol. The summed E-state index contributed by atoms with van der Waals surface area (Å²) in [6.07, 6.45) is 9.00. The number of carbonyl (C=O) groups is 3. The summed E-state index contributed by atoms with van der Waals surface area (Å²) in [5.41, 5.74) is 2.07. The van der Waals surface area contributed by atoms with E-state index in [9.17, 15) is 14.4 Å². The van der Waals surface area contributed by atoms with Crippen LogP contribution in [0.15, 0.2) is 24.3 Å². The van der Waals surface area contributed by atoms with Gasteiger partial charge in [-0.1, -0.05) is 12.1 Å². The third-order valence-electron chi connectivity index (χ3n) is 7.17. The van der Waals surface area contributed by atoms with Crippen LogP contribution in [0.25, 0.3) is 0 Å². The number of barbiturate groups is 1. The average Bonchev–Trinajstić information content (AvgIpc) is 2.61. The van der Waals surface area contributed by atoms with E-state index in [0.29, 0.717) is 5.69 Å². The fourth-order valence-corrected chi connectivity index (χ4v) is 6.43. The van der Waals surface area contributed by atoms with Crippen molar-refractivity contribution >= 4 is 29.7 Å². The van der Waals surface area contributed by atoms with Gasteiger partial charge in [0.05, 0.1) is 5.69 Å². The Hall–Kier alpha value is -2.50. The van der Waals surface area contributed by atoms with Crippen LogP contribution < -0.4 is 15.6 Å². The van der Waals surface area contributed by atoms with Crippen LogP contribution in [0.3, 0.4) is 0 Å². The number of benzene rings is 1. The number of amides is 4. The number of urea groups is 1. The van der Waals surface area contributed by atoms with Gasteiger partial charge in [-0.3, -0.25) is 20.3 Å². The molecule has 6 nitrogen and oxygen atoms in total. The van der Waals surface area contributed by atoms with E-state index in [2.05, 4.69) is 17.4 Å². The molecule has 6 rings (SSSR count). The van der Waals surface area contributed by atoms with E-state index in [1.807, 2.05) is 12.1 Å². The highest BCUT2D eigenvalue weighted by molar-refractivity contribution is 6.32. The Bertz CT molecular complexity index is 809. The summed E-state index contributed by atoms with van der Waals surface area (Å²) in [6, 6.07) is 7.08. The summed E-state index contributed by atoms with van der Waals surface area (Å²) < 4.78 is 0. The first-order chi connectivity index (χ1) is 13.0. The van der Waals surface area contributed by atoms with Gasteiger partial charge < -0.3 is 0 Å². The minimum Gasteiger partial charge on any atom is -0.276 e. The van der Waals surface area contributed by atoms with Crippen molar-refractivity contribution < 1.29 is 19.8 Å². The topological polar surface area (TPSA) is 92.1 Å². The van der Waals surface area contributed by atoms with Crippen molar-refractivity contribution in [2.24, 2.45) is 23.7 Å². The second-order valence-electron chi connectivity index (χ2n) is 8.88. The van der Waals surface area contributed by atoms with Crippen LogP contribution in [0, 0.1) is 23.7 Å². The van der Waals surface area contributed by atoms with Gasteiger partial charge in [0.25, 0.3) is 11.8 Å². The molecule has 1 heterocycles. The summed E-state index contributed by atoms with van der Waals surface area (Å²) in [4.78, 5) is 37.5. The Morgan fingerprint density at radius 3 is 2.04 bits per heavy atom. The number of nitrogens with two attached hydrogens (primary N) is 1. The molecule has 1 atom stereocenters. The predicted octanol–water partition coefficient (Wildman–Crippen LogP) is 1.18. The molecular weight excluding hydrogens is 342 g/mol. The smallest absolute Gasteiger partial charge is 0.276 e. The Balaban J connectivity index is 1.44. The van der Waals surface area contributed by atoms with Crippen molar-refractivity contribution in [2.45, 2.75) is 43.9 Å². The summed E-state index contributed by atoms with van der Waals surface area (Å²) >= 11 is 0. The van der Waals surface area contributed by atoms with Crippen molar-refractivity contribution in [3.05, 3.63) is 29.8 Å². The van der Waals surface area contributed by atoms with E-state index in [4.69, 9.17) is 5.41 Å². The minimum atomic E-state index is -1.13. The Labute approximate surface area is 157 Å². The maximum atomic E-state index is 12.5. The lowest BCUT2D eigenvalue weighted by atomic mass is 9.48. The standard InChI is InChI=1S/C21H23N3O3/c22-11-17-18(25)23-20(27)24(19(17)26)16-3-1-15(2-4-16)21-8-12-5-13(9-21)7-14(6-12)10-21/h1-4,11-14,17,22H,5-10H2,(H,23,25,27)/p+1/t12?,13?,14?,17-,21?/m1/s1. The molecule has 5 aliphatic rings. The van der Waals surface area contributed by atoms with Gasteiger partial charge in [-0.05, 0) is 79.4 Å². The normalized spacial score (nSPS) is 37.5. The first-order valence-corrected chi connectivity index (χ1v) is 9.83. The van der Waals surface area contributed by atoms with E-state index >= 15 is 0 Å². The van der Waals surface area contributed by atoms with E-state index in [0.717, 1.165) is 28.9 Å².